The molecule has 1 heterocycles. The first-order chi connectivity index (χ1) is 15.0. The molecule has 0 unspecified atom stereocenters. The molecule has 0 radical (unpaired) electrons. The van der Waals surface area contributed by atoms with Crippen LogP contribution in [-0.4, -0.2) is 21.0 Å². The van der Waals surface area contributed by atoms with Gasteiger partial charge < -0.3 is 10.3 Å². The maximum atomic E-state index is 12.0. The number of amides is 1. The number of fused-ring (bicyclic) bond motifs is 1. The van der Waals surface area contributed by atoms with Gasteiger partial charge in [0, 0.05) is 22.3 Å². The molecule has 0 saturated heterocycles. The van der Waals surface area contributed by atoms with E-state index in [-0.39, 0.29) is 11.0 Å². The van der Waals surface area contributed by atoms with Crippen LogP contribution in [0.1, 0.15) is 11.1 Å². The molecule has 154 valence electrons. The Labute approximate surface area is 190 Å². The molecule has 0 aliphatic heterocycles. The predicted molar refractivity (Wildman–Crippen MR) is 131 cm³/mol. The molecule has 5 nitrogen and oxygen atoms in total. The molecule has 7 heteroatoms. The summed E-state index contributed by atoms with van der Waals surface area (Å²) >= 11 is 11.4. The fourth-order valence-corrected chi connectivity index (χ4v) is 3.42. The van der Waals surface area contributed by atoms with Crippen molar-refractivity contribution in [1.29, 1.82) is 0 Å². The largest absolute Gasteiger partial charge is 0.338 e. The normalized spacial score (nSPS) is 11.0. The third kappa shape index (κ3) is 5.17. The van der Waals surface area contributed by atoms with E-state index in [9.17, 15) is 4.79 Å². The summed E-state index contributed by atoms with van der Waals surface area (Å²) in [6.45, 7) is 1.96. The van der Waals surface area contributed by atoms with Crippen molar-refractivity contribution in [2.24, 2.45) is 0 Å². The number of thiocarbonyl (C=S) groups is 1. The highest BCUT2D eigenvalue weighted by Gasteiger charge is 2.08. The van der Waals surface area contributed by atoms with E-state index in [0.29, 0.717) is 5.02 Å². The van der Waals surface area contributed by atoms with Crippen LogP contribution >= 0.6 is 23.8 Å². The molecule has 0 aliphatic rings. The van der Waals surface area contributed by atoms with Gasteiger partial charge in [0.05, 0.1) is 11.0 Å². The summed E-state index contributed by atoms with van der Waals surface area (Å²) in [5.74, 6) is 0.458. The lowest BCUT2D eigenvalue weighted by Crippen LogP contribution is -2.32. The Hall–Kier alpha value is -3.48. The van der Waals surface area contributed by atoms with Gasteiger partial charge in [0.1, 0.15) is 5.82 Å². The van der Waals surface area contributed by atoms with Crippen LogP contribution in [0.2, 0.25) is 5.02 Å². The van der Waals surface area contributed by atoms with Crippen molar-refractivity contribution in [3.63, 3.8) is 0 Å². The van der Waals surface area contributed by atoms with Crippen LogP contribution in [-0.2, 0) is 4.79 Å². The Morgan fingerprint density at radius 2 is 1.84 bits per heavy atom. The Morgan fingerprint density at radius 3 is 2.58 bits per heavy atom. The van der Waals surface area contributed by atoms with Gasteiger partial charge in [0.25, 0.3) is 0 Å². The number of carbonyl (C=O) groups excluding carboxylic acids is 1. The van der Waals surface area contributed by atoms with E-state index < -0.39 is 0 Å². The molecule has 0 saturated carbocycles. The number of anilines is 1. The lowest BCUT2D eigenvalue weighted by atomic mass is 10.2. The van der Waals surface area contributed by atoms with E-state index in [4.69, 9.17) is 23.8 Å². The zero-order chi connectivity index (χ0) is 21.8. The van der Waals surface area contributed by atoms with Crippen LogP contribution in [0.5, 0.6) is 0 Å². The van der Waals surface area contributed by atoms with Gasteiger partial charge in [-0.2, -0.15) is 0 Å². The highest BCUT2D eigenvalue weighted by atomic mass is 35.5. The minimum atomic E-state index is -0.297. The summed E-state index contributed by atoms with van der Waals surface area (Å²) in [4.78, 5) is 20.0. The Balaban J connectivity index is 1.38. The maximum absolute atomic E-state index is 12.0. The van der Waals surface area contributed by atoms with Gasteiger partial charge in [0.2, 0.25) is 5.91 Å². The van der Waals surface area contributed by atoms with Gasteiger partial charge in [-0.25, -0.2) is 4.98 Å². The van der Waals surface area contributed by atoms with Crippen LogP contribution in [0.3, 0.4) is 0 Å². The fourth-order valence-electron chi connectivity index (χ4n) is 3.04. The second-order valence-electron chi connectivity index (χ2n) is 6.97. The molecular weight excluding hydrogens is 428 g/mol. The van der Waals surface area contributed by atoms with Gasteiger partial charge in [0.15, 0.2) is 5.11 Å². The average Bonchev–Trinajstić information content (AvgIpc) is 3.16. The lowest BCUT2D eigenvalue weighted by Gasteiger charge is -2.08. The number of rotatable bonds is 4. The van der Waals surface area contributed by atoms with Gasteiger partial charge in [-0.15, -0.1) is 0 Å². The number of aryl methyl sites for hydroxylation is 1. The molecule has 1 amide bonds. The molecule has 3 N–H and O–H groups in total. The number of aromatic amines is 1. The van der Waals surface area contributed by atoms with Crippen molar-refractivity contribution in [2.75, 3.05) is 5.32 Å². The number of H-pyrrole nitrogens is 1. The van der Waals surface area contributed by atoms with Crippen molar-refractivity contribution in [3.8, 4) is 11.4 Å². The van der Waals surface area contributed by atoms with Crippen LogP contribution in [0.4, 0.5) is 5.69 Å². The SMILES string of the molecule is Cc1cc2[nH]c(-c3ccc(NC(=S)NC(=O)/C=C/c4ccccc4)cc3)nc2cc1Cl. The van der Waals surface area contributed by atoms with Gasteiger partial charge in [-0.05, 0) is 72.7 Å². The van der Waals surface area contributed by atoms with Crippen molar-refractivity contribution in [3.05, 3.63) is 89.0 Å². The Bertz CT molecular complexity index is 1240. The second-order valence-corrected chi connectivity index (χ2v) is 7.78. The summed E-state index contributed by atoms with van der Waals surface area (Å²) < 4.78 is 0. The number of carbonyl (C=O) groups is 1. The van der Waals surface area contributed by atoms with E-state index in [1.807, 2.05) is 73.7 Å². The third-order valence-corrected chi connectivity index (χ3v) is 5.25. The molecule has 0 spiro atoms. The molecule has 3 aromatic carbocycles. The van der Waals surface area contributed by atoms with Crippen molar-refractivity contribution in [1.82, 2.24) is 15.3 Å². The first-order valence-corrected chi connectivity index (χ1v) is 10.4. The van der Waals surface area contributed by atoms with E-state index >= 15 is 0 Å². The van der Waals surface area contributed by atoms with Crippen molar-refractivity contribution < 1.29 is 4.79 Å². The number of imidazole rings is 1. The minimum absolute atomic E-state index is 0.226. The molecule has 31 heavy (non-hydrogen) atoms. The predicted octanol–water partition coefficient (Wildman–Crippen LogP) is 5.72. The molecule has 4 rings (SSSR count). The summed E-state index contributed by atoms with van der Waals surface area (Å²) in [5.41, 5.74) is 5.38. The average molecular weight is 447 g/mol. The van der Waals surface area contributed by atoms with E-state index in [2.05, 4.69) is 20.6 Å². The zero-order valence-electron chi connectivity index (χ0n) is 16.6. The summed E-state index contributed by atoms with van der Waals surface area (Å²) in [7, 11) is 0. The molecule has 0 bridgehead atoms. The fraction of sp³-hybridized carbons (Fsp3) is 0.0417. The number of halogens is 1. The first kappa shape index (κ1) is 20.8. The molecule has 1 aromatic heterocycles. The van der Waals surface area contributed by atoms with Gasteiger partial charge in [-0.3, -0.25) is 10.1 Å². The Kier molecular flexibility index (Phi) is 6.11. The molecule has 4 aromatic rings. The lowest BCUT2D eigenvalue weighted by molar-refractivity contribution is -0.115. The molecule has 0 aliphatic carbocycles. The second kappa shape index (κ2) is 9.12. The molecular formula is C24H19ClN4OS. The van der Waals surface area contributed by atoms with Crippen LogP contribution in [0.25, 0.3) is 28.5 Å². The quantitative estimate of drug-likeness (QED) is 0.277. The number of benzene rings is 3. The number of nitrogens with one attached hydrogen (secondary N) is 3. The summed E-state index contributed by atoms with van der Waals surface area (Å²) in [6.07, 6.45) is 3.18. The zero-order valence-corrected chi connectivity index (χ0v) is 18.2. The van der Waals surface area contributed by atoms with E-state index in [1.54, 1.807) is 6.08 Å². The van der Waals surface area contributed by atoms with Gasteiger partial charge >= 0.3 is 0 Å². The summed E-state index contributed by atoms with van der Waals surface area (Å²) in [6, 6.07) is 21.0. The standard InChI is InChI=1S/C24H19ClN4OS/c1-15-13-20-21(14-19(15)25)28-23(27-20)17-8-10-18(11-9-17)26-24(31)29-22(30)12-7-16-5-3-2-4-6-16/h2-14H,1H3,(H,27,28)(H2,26,29,30,31)/b12-7+. The smallest absolute Gasteiger partial charge is 0.250 e. The number of aromatic nitrogens is 2. The van der Waals surface area contributed by atoms with Crippen molar-refractivity contribution in [2.45, 2.75) is 6.92 Å². The topological polar surface area (TPSA) is 69.8 Å². The number of hydrogen-bond acceptors (Lipinski definition) is 3. The number of nitrogens with zero attached hydrogens (tertiary/aromatic N) is 1. The molecule has 0 fully saturated rings. The monoisotopic (exact) mass is 446 g/mol. The maximum Gasteiger partial charge on any atom is 0.250 e. The highest BCUT2D eigenvalue weighted by molar-refractivity contribution is 7.80. The minimum Gasteiger partial charge on any atom is -0.338 e. The van der Waals surface area contributed by atoms with Crippen LogP contribution < -0.4 is 10.6 Å². The summed E-state index contributed by atoms with van der Waals surface area (Å²) in [5, 5.41) is 6.57. The van der Waals surface area contributed by atoms with E-state index in [1.165, 1.54) is 6.08 Å². The van der Waals surface area contributed by atoms with Crippen LogP contribution in [0.15, 0.2) is 72.8 Å². The molecule has 0 atom stereocenters. The van der Waals surface area contributed by atoms with Gasteiger partial charge in [-0.1, -0.05) is 41.9 Å². The number of hydrogen-bond donors (Lipinski definition) is 3. The third-order valence-electron chi connectivity index (χ3n) is 4.64. The highest BCUT2D eigenvalue weighted by Crippen LogP contribution is 2.26. The van der Waals surface area contributed by atoms with Crippen LogP contribution in [0, 0.1) is 6.92 Å². The van der Waals surface area contributed by atoms with Crippen molar-refractivity contribution >= 4 is 57.6 Å². The first-order valence-electron chi connectivity index (χ1n) is 9.59. The Morgan fingerprint density at radius 1 is 1.10 bits per heavy atom. The van der Waals surface area contributed by atoms with E-state index in [0.717, 1.165) is 39.2 Å².